The molecule has 24 heavy (non-hydrogen) atoms. The molecule has 132 valence electrons. The van der Waals surface area contributed by atoms with Crippen molar-refractivity contribution in [2.24, 2.45) is 5.41 Å². The van der Waals surface area contributed by atoms with E-state index in [1.165, 1.54) is 6.07 Å². The largest absolute Gasteiger partial charge is 0.387 e. The zero-order valence-corrected chi connectivity index (χ0v) is 14.6. The molecule has 1 amide bonds. The Morgan fingerprint density at radius 2 is 1.96 bits per heavy atom. The van der Waals surface area contributed by atoms with E-state index in [0.717, 1.165) is 0 Å². The lowest BCUT2D eigenvalue weighted by molar-refractivity contribution is -0.165. The number of likely N-dealkylation sites (tertiary alicyclic amines) is 1. The van der Waals surface area contributed by atoms with E-state index < -0.39 is 16.4 Å². The topological polar surface area (TPSA) is 49.8 Å². The predicted molar refractivity (Wildman–Crippen MR) is 89.1 cm³/mol. The van der Waals surface area contributed by atoms with Crippen LogP contribution in [-0.4, -0.2) is 48.3 Å². The second-order valence-electron chi connectivity index (χ2n) is 7.89. The van der Waals surface area contributed by atoms with E-state index in [4.69, 9.17) is 4.74 Å². The standard InChI is InChI=1S/C19H26FNO3/c1-17(2)12-21(11-10-19(17,23)13-24-3)16(22)18(8-9-18)14-6-4-5-7-15(14)20/h4-7,23H,8-13H2,1-3H3. The smallest absolute Gasteiger partial charge is 0.233 e. The van der Waals surface area contributed by atoms with Gasteiger partial charge in [-0.2, -0.15) is 0 Å². The van der Waals surface area contributed by atoms with Gasteiger partial charge >= 0.3 is 0 Å². The van der Waals surface area contributed by atoms with Gasteiger partial charge in [0, 0.05) is 31.2 Å². The van der Waals surface area contributed by atoms with Gasteiger partial charge in [-0.05, 0) is 25.3 Å². The van der Waals surface area contributed by atoms with Crippen molar-refractivity contribution in [2.45, 2.75) is 44.1 Å². The summed E-state index contributed by atoms with van der Waals surface area (Å²) in [5, 5.41) is 10.9. The first-order valence-corrected chi connectivity index (χ1v) is 8.51. The number of nitrogens with zero attached hydrogens (tertiary/aromatic N) is 1. The van der Waals surface area contributed by atoms with Crippen LogP contribution in [0.1, 0.15) is 38.7 Å². The lowest BCUT2D eigenvalue weighted by Crippen LogP contribution is -2.61. The monoisotopic (exact) mass is 335 g/mol. The van der Waals surface area contributed by atoms with E-state index in [9.17, 15) is 14.3 Å². The van der Waals surface area contributed by atoms with Crippen LogP contribution in [0.25, 0.3) is 0 Å². The minimum absolute atomic E-state index is 0.0138. The molecule has 1 unspecified atom stereocenters. The van der Waals surface area contributed by atoms with Crippen molar-refractivity contribution in [1.82, 2.24) is 4.90 Å². The number of halogens is 1. The first kappa shape index (κ1) is 17.4. The Balaban J connectivity index is 1.81. The number of rotatable bonds is 4. The second kappa shape index (κ2) is 5.81. The average Bonchev–Trinajstić information content (AvgIpc) is 3.32. The van der Waals surface area contributed by atoms with Gasteiger partial charge in [0.05, 0.1) is 17.6 Å². The first-order valence-electron chi connectivity index (χ1n) is 8.51. The number of aliphatic hydroxyl groups is 1. The van der Waals surface area contributed by atoms with Crippen molar-refractivity contribution < 1.29 is 19.0 Å². The Kier molecular flexibility index (Phi) is 4.21. The third kappa shape index (κ3) is 2.64. The Morgan fingerprint density at radius 3 is 2.50 bits per heavy atom. The van der Waals surface area contributed by atoms with Gasteiger partial charge in [0.15, 0.2) is 0 Å². The molecule has 1 N–H and O–H groups in total. The fourth-order valence-electron chi connectivity index (χ4n) is 3.92. The number of hydrogen-bond donors (Lipinski definition) is 1. The summed E-state index contributed by atoms with van der Waals surface area (Å²) in [6, 6.07) is 6.56. The van der Waals surface area contributed by atoms with Gasteiger partial charge in [0.25, 0.3) is 0 Å². The highest BCUT2D eigenvalue weighted by molar-refractivity contribution is 5.91. The van der Waals surface area contributed by atoms with Gasteiger partial charge in [0.2, 0.25) is 5.91 Å². The second-order valence-corrected chi connectivity index (χ2v) is 7.89. The number of hydrogen-bond acceptors (Lipinski definition) is 3. The summed E-state index contributed by atoms with van der Waals surface area (Å²) < 4.78 is 19.4. The molecule has 1 saturated heterocycles. The molecule has 1 heterocycles. The number of carbonyl (C=O) groups is 1. The van der Waals surface area contributed by atoms with Crippen LogP contribution < -0.4 is 0 Å². The van der Waals surface area contributed by atoms with Crippen LogP contribution in [0, 0.1) is 11.2 Å². The molecule has 0 aromatic heterocycles. The van der Waals surface area contributed by atoms with Gasteiger partial charge in [-0.3, -0.25) is 4.79 Å². The highest BCUT2D eigenvalue weighted by Crippen LogP contribution is 2.51. The minimum atomic E-state index is -0.951. The Hall–Kier alpha value is -1.46. The van der Waals surface area contributed by atoms with Gasteiger partial charge in [-0.1, -0.05) is 32.0 Å². The van der Waals surface area contributed by atoms with E-state index >= 15 is 0 Å². The summed E-state index contributed by atoms with van der Waals surface area (Å²) in [6.45, 7) is 5.07. The first-order chi connectivity index (χ1) is 11.3. The SMILES string of the molecule is COCC1(O)CCN(C(=O)C2(c3ccccc3F)CC2)CC1(C)C. The molecule has 0 spiro atoms. The molecular weight excluding hydrogens is 309 g/mol. The Labute approximate surface area is 142 Å². The lowest BCUT2D eigenvalue weighted by atomic mass is 9.70. The molecular formula is C19H26FNO3. The van der Waals surface area contributed by atoms with Crippen LogP contribution in [0.4, 0.5) is 4.39 Å². The molecule has 1 atom stereocenters. The molecule has 3 rings (SSSR count). The number of piperidine rings is 1. The van der Waals surface area contributed by atoms with Gasteiger partial charge < -0.3 is 14.7 Å². The number of methoxy groups -OCH3 is 1. The molecule has 0 radical (unpaired) electrons. The third-order valence-corrected chi connectivity index (χ3v) is 5.86. The number of ether oxygens (including phenoxy) is 1. The molecule has 2 aliphatic rings. The fraction of sp³-hybridized carbons (Fsp3) is 0.632. The van der Waals surface area contributed by atoms with E-state index in [1.807, 2.05) is 13.8 Å². The van der Waals surface area contributed by atoms with Crippen LogP contribution in [0.5, 0.6) is 0 Å². The third-order valence-electron chi connectivity index (χ3n) is 5.86. The van der Waals surface area contributed by atoms with Crippen LogP contribution in [0.3, 0.4) is 0 Å². The van der Waals surface area contributed by atoms with Crippen molar-refractivity contribution in [2.75, 3.05) is 26.8 Å². The van der Waals surface area contributed by atoms with Crippen molar-refractivity contribution >= 4 is 5.91 Å². The summed E-state index contributed by atoms with van der Waals surface area (Å²) >= 11 is 0. The summed E-state index contributed by atoms with van der Waals surface area (Å²) in [5.41, 5.74) is -1.64. The number of carbonyl (C=O) groups excluding carboxylic acids is 1. The highest BCUT2D eigenvalue weighted by Gasteiger charge is 2.57. The average molecular weight is 335 g/mol. The van der Waals surface area contributed by atoms with Crippen molar-refractivity contribution in [3.63, 3.8) is 0 Å². The molecule has 1 aromatic rings. The number of benzene rings is 1. The van der Waals surface area contributed by atoms with Gasteiger partial charge in [-0.25, -0.2) is 4.39 Å². The van der Waals surface area contributed by atoms with Crippen LogP contribution >= 0.6 is 0 Å². The molecule has 0 bridgehead atoms. The van der Waals surface area contributed by atoms with Gasteiger partial charge in [0.1, 0.15) is 5.82 Å². The molecule has 1 aliphatic carbocycles. The highest BCUT2D eigenvalue weighted by atomic mass is 19.1. The maximum Gasteiger partial charge on any atom is 0.233 e. The molecule has 2 fully saturated rings. The van der Waals surface area contributed by atoms with E-state index in [-0.39, 0.29) is 18.3 Å². The lowest BCUT2D eigenvalue weighted by Gasteiger charge is -2.50. The maximum atomic E-state index is 14.2. The normalized spacial score (nSPS) is 27.8. The van der Waals surface area contributed by atoms with Crippen LogP contribution in [0.2, 0.25) is 0 Å². The van der Waals surface area contributed by atoms with E-state index in [2.05, 4.69) is 0 Å². The molecule has 1 saturated carbocycles. The van der Waals surface area contributed by atoms with E-state index in [0.29, 0.717) is 37.9 Å². The quantitative estimate of drug-likeness (QED) is 0.920. The maximum absolute atomic E-state index is 14.2. The number of amides is 1. The minimum Gasteiger partial charge on any atom is -0.387 e. The Morgan fingerprint density at radius 1 is 1.29 bits per heavy atom. The zero-order valence-electron chi connectivity index (χ0n) is 14.6. The predicted octanol–water partition coefficient (Wildman–Crippen LogP) is 2.49. The Bertz CT molecular complexity index is 641. The van der Waals surface area contributed by atoms with E-state index in [1.54, 1.807) is 30.2 Å². The summed E-state index contributed by atoms with van der Waals surface area (Å²) in [7, 11) is 1.57. The van der Waals surface area contributed by atoms with Crippen LogP contribution in [-0.2, 0) is 14.9 Å². The molecule has 1 aliphatic heterocycles. The molecule has 4 nitrogen and oxygen atoms in total. The molecule has 5 heteroatoms. The van der Waals surface area contributed by atoms with Crippen molar-refractivity contribution in [1.29, 1.82) is 0 Å². The summed E-state index contributed by atoms with van der Waals surface area (Å²) in [6.07, 6.45) is 1.84. The van der Waals surface area contributed by atoms with Crippen LogP contribution in [0.15, 0.2) is 24.3 Å². The fourth-order valence-corrected chi connectivity index (χ4v) is 3.92. The summed E-state index contributed by atoms with van der Waals surface area (Å²) in [4.78, 5) is 14.9. The van der Waals surface area contributed by atoms with Crippen molar-refractivity contribution in [3.05, 3.63) is 35.6 Å². The van der Waals surface area contributed by atoms with Crippen molar-refractivity contribution in [3.8, 4) is 0 Å². The summed E-state index contributed by atoms with van der Waals surface area (Å²) in [5.74, 6) is -0.323. The van der Waals surface area contributed by atoms with Gasteiger partial charge in [-0.15, -0.1) is 0 Å². The molecule has 1 aromatic carbocycles. The zero-order chi connectivity index (χ0) is 17.6.